The summed E-state index contributed by atoms with van der Waals surface area (Å²) in [6, 6.07) is 3.68. The van der Waals surface area contributed by atoms with Crippen molar-refractivity contribution >= 4 is 23.2 Å². The zero-order chi connectivity index (χ0) is 16.9. The highest BCUT2D eigenvalue weighted by Crippen LogP contribution is 2.23. The molecule has 2 amide bonds. The number of carbonyl (C=O) groups excluding carboxylic acids is 2. The number of nitrogens with zero attached hydrogens (tertiary/aromatic N) is 2. The van der Waals surface area contributed by atoms with Gasteiger partial charge >= 0.3 is 0 Å². The second-order valence-electron chi connectivity index (χ2n) is 5.85. The van der Waals surface area contributed by atoms with Crippen LogP contribution in [-0.2, 0) is 16.1 Å². The minimum atomic E-state index is -0.241. The maximum Gasteiger partial charge on any atom is 0.234 e. The highest BCUT2D eigenvalue weighted by Gasteiger charge is 2.24. The zero-order valence-electron chi connectivity index (χ0n) is 13.2. The van der Waals surface area contributed by atoms with Crippen LogP contribution < -0.4 is 11.1 Å². The predicted octanol–water partition coefficient (Wildman–Crippen LogP) is 1.22. The Morgan fingerprint density at radius 2 is 2.21 bits per heavy atom. The molecule has 128 valence electrons. The van der Waals surface area contributed by atoms with Gasteiger partial charge in [0.05, 0.1) is 25.0 Å². The SMILES string of the molecule is NC(=O)C1CCN(CC(=O)NCc2csc(-c3ccco3)n2)CC1. The third-order valence-corrected chi connectivity index (χ3v) is 5.01. The number of hydrogen-bond acceptors (Lipinski definition) is 6. The Morgan fingerprint density at radius 3 is 2.88 bits per heavy atom. The lowest BCUT2D eigenvalue weighted by atomic mass is 9.96. The average molecular weight is 348 g/mol. The number of likely N-dealkylation sites (tertiary alicyclic amines) is 1. The van der Waals surface area contributed by atoms with E-state index in [1.807, 2.05) is 22.4 Å². The summed E-state index contributed by atoms with van der Waals surface area (Å²) in [6.07, 6.45) is 3.06. The second kappa shape index (κ2) is 7.59. The number of amides is 2. The molecule has 0 radical (unpaired) electrons. The fourth-order valence-electron chi connectivity index (χ4n) is 2.73. The third-order valence-electron chi connectivity index (χ3n) is 4.11. The monoisotopic (exact) mass is 348 g/mol. The molecule has 0 aromatic carbocycles. The third kappa shape index (κ3) is 4.21. The first-order chi connectivity index (χ1) is 11.6. The molecule has 2 aromatic heterocycles. The molecule has 0 spiro atoms. The molecule has 3 rings (SSSR count). The van der Waals surface area contributed by atoms with Gasteiger partial charge in [0.2, 0.25) is 11.8 Å². The number of rotatable bonds is 6. The van der Waals surface area contributed by atoms with E-state index in [0.29, 0.717) is 13.1 Å². The molecule has 1 fully saturated rings. The number of hydrogen-bond donors (Lipinski definition) is 2. The van der Waals surface area contributed by atoms with E-state index < -0.39 is 0 Å². The van der Waals surface area contributed by atoms with Crippen molar-refractivity contribution in [3.8, 4) is 10.8 Å². The van der Waals surface area contributed by atoms with Crippen LogP contribution in [0.4, 0.5) is 0 Å². The van der Waals surface area contributed by atoms with Crippen LogP contribution in [0, 0.1) is 5.92 Å². The lowest BCUT2D eigenvalue weighted by Crippen LogP contribution is -2.43. The highest BCUT2D eigenvalue weighted by molar-refractivity contribution is 7.13. The van der Waals surface area contributed by atoms with E-state index in [1.54, 1.807) is 6.26 Å². The van der Waals surface area contributed by atoms with Crippen molar-refractivity contribution in [2.75, 3.05) is 19.6 Å². The fourth-order valence-corrected chi connectivity index (χ4v) is 3.51. The first-order valence-corrected chi connectivity index (χ1v) is 8.76. The van der Waals surface area contributed by atoms with Crippen molar-refractivity contribution in [3.05, 3.63) is 29.5 Å². The van der Waals surface area contributed by atoms with E-state index in [9.17, 15) is 9.59 Å². The van der Waals surface area contributed by atoms with Gasteiger partial charge in [-0.05, 0) is 38.1 Å². The normalized spacial score (nSPS) is 16.2. The largest absolute Gasteiger partial charge is 0.462 e. The summed E-state index contributed by atoms with van der Waals surface area (Å²) >= 11 is 1.49. The van der Waals surface area contributed by atoms with Gasteiger partial charge in [0.25, 0.3) is 0 Å². The van der Waals surface area contributed by atoms with E-state index >= 15 is 0 Å². The van der Waals surface area contributed by atoms with E-state index in [1.165, 1.54) is 11.3 Å². The van der Waals surface area contributed by atoms with Gasteiger partial charge in [-0.1, -0.05) is 0 Å². The number of primary amides is 1. The molecule has 2 aromatic rings. The second-order valence-corrected chi connectivity index (χ2v) is 6.71. The van der Waals surface area contributed by atoms with Crippen molar-refractivity contribution in [2.45, 2.75) is 19.4 Å². The summed E-state index contributed by atoms with van der Waals surface area (Å²) < 4.78 is 5.31. The topological polar surface area (TPSA) is 101 Å². The van der Waals surface area contributed by atoms with Crippen molar-refractivity contribution in [2.24, 2.45) is 11.7 Å². The molecule has 1 aliphatic rings. The minimum absolute atomic E-state index is 0.0416. The smallest absolute Gasteiger partial charge is 0.234 e. The molecule has 0 unspecified atom stereocenters. The molecule has 1 saturated heterocycles. The van der Waals surface area contributed by atoms with Crippen molar-refractivity contribution < 1.29 is 14.0 Å². The van der Waals surface area contributed by atoms with E-state index in [0.717, 1.165) is 42.4 Å². The molecule has 7 nitrogen and oxygen atoms in total. The summed E-state index contributed by atoms with van der Waals surface area (Å²) in [5, 5.41) is 5.60. The maximum absolute atomic E-state index is 12.0. The van der Waals surface area contributed by atoms with Crippen LogP contribution in [0.25, 0.3) is 10.8 Å². The Morgan fingerprint density at radius 1 is 1.42 bits per heavy atom. The number of nitrogens with two attached hydrogens (primary N) is 1. The van der Waals surface area contributed by atoms with Crippen LogP contribution in [0.15, 0.2) is 28.2 Å². The Hall–Kier alpha value is -2.19. The summed E-state index contributed by atoms with van der Waals surface area (Å²) in [7, 11) is 0. The number of carbonyl (C=O) groups is 2. The van der Waals surface area contributed by atoms with Gasteiger partial charge in [0, 0.05) is 11.3 Å². The van der Waals surface area contributed by atoms with Gasteiger partial charge in [-0.3, -0.25) is 14.5 Å². The number of furan rings is 1. The van der Waals surface area contributed by atoms with Crippen LogP contribution in [0.2, 0.25) is 0 Å². The zero-order valence-corrected chi connectivity index (χ0v) is 14.1. The van der Waals surface area contributed by atoms with Gasteiger partial charge in [0.1, 0.15) is 0 Å². The first-order valence-electron chi connectivity index (χ1n) is 7.88. The highest BCUT2D eigenvalue weighted by atomic mass is 32.1. The molecule has 0 atom stereocenters. The lowest BCUT2D eigenvalue weighted by molar-refractivity contribution is -0.124. The molecule has 0 aliphatic carbocycles. The molecule has 24 heavy (non-hydrogen) atoms. The van der Waals surface area contributed by atoms with Crippen LogP contribution in [-0.4, -0.2) is 41.3 Å². The standard InChI is InChI=1S/C16H20N4O3S/c17-15(22)11-3-5-20(6-4-11)9-14(21)18-8-12-10-24-16(19-12)13-2-1-7-23-13/h1-2,7,10-11H,3-6,8-9H2,(H2,17,22)(H,18,21). The van der Waals surface area contributed by atoms with Crippen LogP contribution in [0.3, 0.4) is 0 Å². The number of thiazole rings is 1. The Kier molecular flexibility index (Phi) is 5.27. The van der Waals surface area contributed by atoms with Gasteiger partial charge in [-0.2, -0.15) is 0 Å². The Labute approximate surface area is 143 Å². The maximum atomic E-state index is 12.0. The molecule has 0 bridgehead atoms. The van der Waals surface area contributed by atoms with Gasteiger partial charge in [-0.15, -0.1) is 11.3 Å². The first kappa shape index (κ1) is 16.7. The summed E-state index contributed by atoms with van der Waals surface area (Å²) in [5.74, 6) is 0.393. The summed E-state index contributed by atoms with van der Waals surface area (Å²) in [5.41, 5.74) is 6.13. The predicted molar refractivity (Wildman–Crippen MR) is 90.0 cm³/mol. The quantitative estimate of drug-likeness (QED) is 0.817. The van der Waals surface area contributed by atoms with Crippen molar-refractivity contribution in [1.29, 1.82) is 0 Å². The molecule has 1 aliphatic heterocycles. The van der Waals surface area contributed by atoms with Gasteiger partial charge in [-0.25, -0.2) is 4.98 Å². The van der Waals surface area contributed by atoms with Crippen LogP contribution in [0.5, 0.6) is 0 Å². The van der Waals surface area contributed by atoms with Crippen LogP contribution >= 0.6 is 11.3 Å². The fraction of sp³-hybridized carbons (Fsp3) is 0.438. The molecular weight excluding hydrogens is 328 g/mol. The molecule has 0 saturated carbocycles. The average Bonchev–Trinajstić information content (AvgIpc) is 3.25. The lowest BCUT2D eigenvalue weighted by Gasteiger charge is -2.29. The minimum Gasteiger partial charge on any atom is -0.462 e. The molecule has 3 N–H and O–H groups in total. The van der Waals surface area contributed by atoms with Crippen LogP contribution in [0.1, 0.15) is 18.5 Å². The van der Waals surface area contributed by atoms with Crippen molar-refractivity contribution in [1.82, 2.24) is 15.2 Å². The molecular formula is C16H20N4O3S. The Balaban J connectivity index is 1.42. The number of aromatic nitrogens is 1. The van der Waals surface area contributed by atoms with Gasteiger partial charge < -0.3 is 15.5 Å². The van der Waals surface area contributed by atoms with Crippen molar-refractivity contribution in [3.63, 3.8) is 0 Å². The van der Waals surface area contributed by atoms with E-state index in [4.69, 9.17) is 10.2 Å². The van der Waals surface area contributed by atoms with Gasteiger partial charge in [0.15, 0.2) is 10.8 Å². The summed E-state index contributed by atoms with van der Waals surface area (Å²) in [6.45, 7) is 2.18. The molecule has 8 heteroatoms. The molecule has 3 heterocycles. The number of nitrogens with one attached hydrogen (secondary N) is 1. The van der Waals surface area contributed by atoms with E-state index in [2.05, 4.69) is 10.3 Å². The summed E-state index contributed by atoms with van der Waals surface area (Å²) in [4.78, 5) is 29.7. The Bertz CT molecular complexity index is 690. The number of piperidine rings is 1. The van der Waals surface area contributed by atoms with E-state index in [-0.39, 0.29) is 17.7 Å².